The third kappa shape index (κ3) is 4.16. The first-order valence-electron chi connectivity index (χ1n) is 6.67. The van der Waals surface area contributed by atoms with Gasteiger partial charge in [-0.05, 0) is 40.9 Å². The van der Waals surface area contributed by atoms with E-state index in [1.165, 1.54) is 0 Å². The van der Waals surface area contributed by atoms with Crippen molar-refractivity contribution in [1.29, 1.82) is 0 Å². The van der Waals surface area contributed by atoms with Gasteiger partial charge in [-0.25, -0.2) is 0 Å². The van der Waals surface area contributed by atoms with Gasteiger partial charge >= 0.3 is 5.97 Å². The minimum Gasteiger partial charge on any atom is -0.481 e. The second kappa shape index (κ2) is 7.04. The number of anilines is 1. The van der Waals surface area contributed by atoms with Crippen molar-refractivity contribution < 1.29 is 14.7 Å². The van der Waals surface area contributed by atoms with Crippen LogP contribution in [0.1, 0.15) is 17.5 Å². The molecular formula is C16H17NO3S. The van der Waals surface area contributed by atoms with Crippen LogP contribution in [0.15, 0.2) is 41.1 Å². The first-order valence-corrected chi connectivity index (χ1v) is 7.61. The summed E-state index contributed by atoms with van der Waals surface area (Å²) in [7, 11) is 0. The standard InChI is InChI=1S/C16H17NO3S/c1-12-4-2-3-5-14(12)17(8-6-16(19)20)15(18)10-13-7-9-21-11-13/h2-5,7,9,11H,6,8,10H2,1H3,(H,19,20). The van der Waals surface area contributed by atoms with Crippen molar-refractivity contribution in [2.24, 2.45) is 0 Å². The lowest BCUT2D eigenvalue weighted by Crippen LogP contribution is -2.34. The van der Waals surface area contributed by atoms with Crippen molar-refractivity contribution in [3.63, 3.8) is 0 Å². The summed E-state index contributed by atoms with van der Waals surface area (Å²) in [5.74, 6) is -0.985. The van der Waals surface area contributed by atoms with Crippen molar-refractivity contribution in [3.8, 4) is 0 Å². The second-order valence-corrected chi connectivity index (χ2v) is 5.56. The van der Waals surface area contributed by atoms with Crippen LogP contribution in [0.25, 0.3) is 0 Å². The molecule has 0 aliphatic carbocycles. The van der Waals surface area contributed by atoms with Crippen molar-refractivity contribution in [2.75, 3.05) is 11.4 Å². The van der Waals surface area contributed by atoms with Gasteiger partial charge in [0.25, 0.3) is 0 Å². The largest absolute Gasteiger partial charge is 0.481 e. The number of amides is 1. The average molecular weight is 303 g/mol. The minimum absolute atomic E-state index is 0.0658. The topological polar surface area (TPSA) is 57.6 Å². The highest BCUT2D eigenvalue weighted by atomic mass is 32.1. The molecule has 1 aromatic carbocycles. The van der Waals surface area contributed by atoms with E-state index in [4.69, 9.17) is 5.11 Å². The minimum atomic E-state index is -0.906. The maximum absolute atomic E-state index is 12.5. The average Bonchev–Trinajstić information content (AvgIpc) is 2.93. The van der Waals surface area contributed by atoms with Crippen LogP contribution in [0.2, 0.25) is 0 Å². The fourth-order valence-electron chi connectivity index (χ4n) is 2.12. The molecule has 1 heterocycles. The lowest BCUT2D eigenvalue weighted by atomic mass is 10.1. The molecule has 0 fully saturated rings. The molecule has 2 rings (SSSR count). The molecule has 0 atom stereocenters. The Balaban J connectivity index is 2.21. The molecule has 0 aliphatic rings. The number of benzene rings is 1. The quantitative estimate of drug-likeness (QED) is 0.892. The second-order valence-electron chi connectivity index (χ2n) is 4.78. The first-order chi connectivity index (χ1) is 10.1. The monoisotopic (exact) mass is 303 g/mol. The Morgan fingerprint density at radius 2 is 2.00 bits per heavy atom. The number of aryl methyl sites for hydroxylation is 1. The number of carbonyl (C=O) groups excluding carboxylic acids is 1. The fraction of sp³-hybridized carbons (Fsp3) is 0.250. The number of aliphatic carboxylic acids is 1. The van der Waals surface area contributed by atoms with Gasteiger partial charge in [0.15, 0.2) is 0 Å². The lowest BCUT2D eigenvalue weighted by molar-refractivity contribution is -0.136. The molecule has 0 spiro atoms. The summed E-state index contributed by atoms with van der Waals surface area (Å²) in [6.07, 6.45) is 0.223. The molecule has 110 valence electrons. The number of carboxylic acids is 1. The van der Waals surface area contributed by atoms with Crippen LogP contribution in [-0.2, 0) is 16.0 Å². The lowest BCUT2D eigenvalue weighted by Gasteiger charge is -2.24. The summed E-state index contributed by atoms with van der Waals surface area (Å²) in [5.41, 5.74) is 2.69. The molecule has 4 nitrogen and oxygen atoms in total. The van der Waals surface area contributed by atoms with Crippen LogP contribution in [0, 0.1) is 6.92 Å². The predicted octanol–water partition coefficient (Wildman–Crippen LogP) is 3.11. The summed E-state index contributed by atoms with van der Waals surface area (Å²) >= 11 is 1.55. The van der Waals surface area contributed by atoms with Crippen LogP contribution >= 0.6 is 11.3 Å². The third-order valence-corrected chi connectivity index (χ3v) is 3.92. The van der Waals surface area contributed by atoms with Crippen molar-refractivity contribution >= 4 is 28.9 Å². The van der Waals surface area contributed by atoms with E-state index in [1.54, 1.807) is 16.2 Å². The van der Waals surface area contributed by atoms with E-state index in [2.05, 4.69) is 0 Å². The fourth-order valence-corrected chi connectivity index (χ4v) is 2.79. The molecule has 0 saturated heterocycles. The molecule has 2 aromatic rings. The van der Waals surface area contributed by atoms with Gasteiger partial charge in [0.05, 0.1) is 12.8 Å². The highest BCUT2D eigenvalue weighted by Crippen LogP contribution is 2.21. The van der Waals surface area contributed by atoms with E-state index in [0.717, 1.165) is 16.8 Å². The SMILES string of the molecule is Cc1ccccc1N(CCC(=O)O)C(=O)Cc1ccsc1. The van der Waals surface area contributed by atoms with E-state index >= 15 is 0 Å². The van der Waals surface area contributed by atoms with Crippen LogP contribution in [0.5, 0.6) is 0 Å². The number of carbonyl (C=O) groups is 2. The number of hydrogen-bond acceptors (Lipinski definition) is 3. The van der Waals surface area contributed by atoms with Gasteiger partial charge in [0.2, 0.25) is 5.91 Å². The van der Waals surface area contributed by atoms with Gasteiger partial charge in [-0.15, -0.1) is 0 Å². The van der Waals surface area contributed by atoms with Gasteiger partial charge in [0.1, 0.15) is 0 Å². The smallest absolute Gasteiger partial charge is 0.305 e. The molecule has 5 heteroatoms. The number of nitrogens with zero attached hydrogens (tertiary/aromatic N) is 1. The van der Waals surface area contributed by atoms with Gasteiger partial charge in [0, 0.05) is 12.2 Å². The zero-order chi connectivity index (χ0) is 15.2. The zero-order valence-corrected chi connectivity index (χ0v) is 12.6. The van der Waals surface area contributed by atoms with Gasteiger partial charge in [-0.1, -0.05) is 18.2 Å². The predicted molar refractivity (Wildman–Crippen MR) is 83.8 cm³/mol. The van der Waals surface area contributed by atoms with Crippen LogP contribution in [-0.4, -0.2) is 23.5 Å². The molecular weight excluding hydrogens is 286 g/mol. The highest BCUT2D eigenvalue weighted by Gasteiger charge is 2.18. The summed E-state index contributed by atoms with van der Waals surface area (Å²) in [6, 6.07) is 9.44. The molecule has 0 radical (unpaired) electrons. The molecule has 1 amide bonds. The first kappa shape index (κ1) is 15.3. The Bertz CT molecular complexity index is 622. The Kier molecular flexibility index (Phi) is 5.11. The van der Waals surface area contributed by atoms with E-state index in [9.17, 15) is 9.59 Å². The van der Waals surface area contributed by atoms with Crippen molar-refractivity contribution in [2.45, 2.75) is 19.8 Å². The Morgan fingerprint density at radius 1 is 1.24 bits per heavy atom. The van der Waals surface area contributed by atoms with E-state index in [1.807, 2.05) is 48.0 Å². The van der Waals surface area contributed by atoms with Gasteiger partial charge < -0.3 is 10.0 Å². The molecule has 21 heavy (non-hydrogen) atoms. The molecule has 0 saturated carbocycles. The van der Waals surface area contributed by atoms with Crippen LogP contribution < -0.4 is 4.90 Å². The number of para-hydroxylation sites is 1. The molecule has 1 N–H and O–H groups in total. The highest BCUT2D eigenvalue weighted by molar-refractivity contribution is 7.08. The van der Waals surface area contributed by atoms with Crippen molar-refractivity contribution in [1.82, 2.24) is 0 Å². The maximum atomic E-state index is 12.5. The number of thiophene rings is 1. The van der Waals surface area contributed by atoms with Crippen LogP contribution in [0.4, 0.5) is 5.69 Å². The Morgan fingerprint density at radius 3 is 2.62 bits per heavy atom. The van der Waals surface area contributed by atoms with E-state index < -0.39 is 5.97 Å². The summed E-state index contributed by atoms with van der Waals surface area (Å²) < 4.78 is 0. The van der Waals surface area contributed by atoms with Gasteiger partial charge in [-0.2, -0.15) is 11.3 Å². The maximum Gasteiger partial charge on any atom is 0.305 e. The van der Waals surface area contributed by atoms with Crippen LogP contribution in [0.3, 0.4) is 0 Å². The van der Waals surface area contributed by atoms with Crippen molar-refractivity contribution in [3.05, 3.63) is 52.2 Å². The summed E-state index contributed by atoms with van der Waals surface area (Å²) in [5, 5.41) is 12.7. The van der Waals surface area contributed by atoms with Gasteiger partial charge in [-0.3, -0.25) is 9.59 Å². The number of carboxylic acid groups (broad SMARTS) is 1. The summed E-state index contributed by atoms with van der Waals surface area (Å²) in [6.45, 7) is 2.10. The summed E-state index contributed by atoms with van der Waals surface area (Å²) in [4.78, 5) is 24.9. The van der Waals surface area contributed by atoms with E-state index in [-0.39, 0.29) is 25.3 Å². The Hall–Kier alpha value is -2.14. The van der Waals surface area contributed by atoms with E-state index in [0.29, 0.717) is 0 Å². The number of hydrogen-bond donors (Lipinski definition) is 1. The molecule has 0 aliphatic heterocycles. The third-order valence-electron chi connectivity index (χ3n) is 3.19. The molecule has 0 bridgehead atoms. The zero-order valence-electron chi connectivity index (χ0n) is 11.8. The normalized spacial score (nSPS) is 10.3. The Labute approximate surface area is 127 Å². The molecule has 1 aromatic heterocycles. The molecule has 0 unspecified atom stereocenters. The number of rotatable bonds is 6.